The Kier molecular flexibility index (Phi) is 2.62. The Morgan fingerprint density at radius 2 is 2.00 bits per heavy atom. The van der Waals surface area contributed by atoms with E-state index in [1.165, 1.54) is 4.90 Å². The van der Waals surface area contributed by atoms with Crippen molar-refractivity contribution in [1.29, 1.82) is 0 Å². The lowest BCUT2D eigenvalue weighted by Gasteiger charge is -2.21. The van der Waals surface area contributed by atoms with Crippen LogP contribution in [0.5, 0.6) is 0 Å². The van der Waals surface area contributed by atoms with Gasteiger partial charge in [-0.1, -0.05) is 24.3 Å². The van der Waals surface area contributed by atoms with Crippen LogP contribution in [0.2, 0.25) is 0 Å². The molecule has 3 amide bonds. The first-order valence-corrected chi connectivity index (χ1v) is 6.71. The lowest BCUT2D eigenvalue weighted by molar-refractivity contribution is -0.131. The second-order valence-corrected chi connectivity index (χ2v) is 5.72. The molecular formula is C15H18N2O2. The zero-order valence-electron chi connectivity index (χ0n) is 11.3. The largest absolute Gasteiger partial charge is 0.325 e. The Morgan fingerprint density at radius 1 is 1.32 bits per heavy atom. The Morgan fingerprint density at radius 3 is 2.63 bits per heavy atom. The van der Waals surface area contributed by atoms with Crippen molar-refractivity contribution in [2.24, 2.45) is 5.92 Å². The molecule has 2 fully saturated rings. The van der Waals surface area contributed by atoms with E-state index >= 15 is 0 Å². The molecule has 1 saturated heterocycles. The Bertz CT molecular complexity index is 551. The molecule has 1 N–H and O–H groups in total. The highest BCUT2D eigenvalue weighted by molar-refractivity contribution is 6.07. The number of carbonyl (C=O) groups excluding carboxylic acids is 2. The third-order valence-corrected chi connectivity index (χ3v) is 4.28. The third-order valence-electron chi connectivity index (χ3n) is 4.28. The van der Waals surface area contributed by atoms with Crippen LogP contribution in [0.15, 0.2) is 24.3 Å². The average molecular weight is 258 g/mol. The van der Waals surface area contributed by atoms with Gasteiger partial charge in [0.1, 0.15) is 5.54 Å². The summed E-state index contributed by atoms with van der Waals surface area (Å²) in [7, 11) is 0. The lowest BCUT2D eigenvalue weighted by Crippen LogP contribution is -2.46. The molecule has 4 heteroatoms. The molecular weight excluding hydrogens is 240 g/mol. The first-order chi connectivity index (χ1) is 9.02. The second-order valence-electron chi connectivity index (χ2n) is 5.72. The van der Waals surface area contributed by atoms with Crippen molar-refractivity contribution in [1.82, 2.24) is 10.2 Å². The molecule has 0 radical (unpaired) electrons. The summed E-state index contributed by atoms with van der Waals surface area (Å²) < 4.78 is 0. The lowest BCUT2D eigenvalue weighted by atomic mass is 9.96. The zero-order chi connectivity index (χ0) is 13.6. The topological polar surface area (TPSA) is 49.4 Å². The molecule has 19 heavy (non-hydrogen) atoms. The van der Waals surface area contributed by atoms with Gasteiger partial charge in [-0.3, -0.25) is 9.69 Å². The third kappa shape index (κ3) is 1.91. The predicted octanol–water partition coefficient (Wildman–Crippen LogP) is 2.22. The fourth-order valence-corrected chi connectivity index (χ4v) is 2.75. The first kappa shape index (κ1) is 12.2. The fraction of sp³-hybridized carbons (Fsp3) is 0.467. The van der Waals surface area contributed by atoms with Gasteiger partial charge >= 0.3 is 6.03 Å². The fourth-order valence-electron chi connectivity index (χ4n) is 2.75. The summed E-state index contributed by atoms with van der Waals surface area (Å²) in [6.07, 6.45) is 2.06. The number of amides is 3. The summed E-state index contributed by atoms with van der Waals surface area (Å²) in [6, 6.07) is 7.58. The van der Waals surface area contributed by atoms with Crippen molar-refractivity contribution in [2.45, 2.75) is 38.8 Å². The van der Waals surface area contributed by atoms with Crippen LogP contribution in [0, 0.1) is 12.8 Å². The molecule has 0 bridgehead atoms. The monoisotopic (exact) mass is 258 g/mol. The van der Waals surface area contributed by atoms with Gasteiger partial charge in [-0.15, -0.1) is 0 Å². The number of nitrogens with one attached hydrogen (secondary N) is 1. The summed E-state index contributed by atoms with van der Waals surface area (Å²) in [5.74, 6) is 0.231. The van der Waals surface area contributed by atoms with Crippen molar-refractivity contribution in [3.63, 3.8) is 0 Å². The molecule has 1 aromatic rings. The van der Waals surface area contributed by atoms with Crippen LogP contribution in [-0.4, -0.2) is 22.4 Å². The van der Waals surface area contributed by atoms with E-state index in [4.69, 9.17) is 0 Å². The summed E-state index contributed by atoms with van der Waals surface area (Å²) in [6.45, 7) is 4.20. The Balaban J connectivity index is 1.84. The number of carbonyl (C=O) groups is 2. The minimum absolute atomic E-state index is 0.0803. The van der Waals surface area contributed by atoms with Gasteiger partial charge in [-0.25, -0.2) is 4.79 Å². The van der Waals surface area contributed by atoms with E-state index in [1.807, 2.05) is 38.1 Å². The molecule has 0 aromatic heterocycles. The minimum Gasteiger partial charge on any atom is -0.323 e. The maximum absolute atomic E-state index is 12.5. The van der Waals surface area contributed by atoms with Crippen molar-refractivity contribution in [2.75, 3.05) is 0 Å². The molecule has 1 aliphatic heterocycles. The quantitative estimate of drug-likeness (QED) is 0.845. The van der Waals surface area contributed by atoms with Gasteiger partial charge in [0, 0.05) is 0 Å². The van der Waals surface area contributed by atoms with Gasteiger partial charge < -0.3 is 5.32 Å². The molecule has 0 spiro atoms. The molecule has 1 unspecified atom stereocenters. The number of hydrogen-bond donors (Lipinski definition) is 1. The summed E-state index contributed by atoms with van der Waals surface area (Å²) >= 11 is 0. The molecule has 3 rings (SSSR count). The van der Waals surface area contributed by atoms with Crippen molar-refractivity contribution in [3.05, 3.63) is 35.4 Å². The number of hydrogen-bond acceptors (Lipinski definition) is 2. The number of urea groups is 1. The van der Waals surface area contributed by atoms with Gasteiger partial charge in [0.25, 0.3) is 5.91 Å². The van der Waals surface area contributed by atoms with Gasteiger partial charge in [0.2, 0.25) is 0 Å². The number of nitrogens with zero attached hydrogens (tertiary/aromatic N) is 1. The highest BCUT2D eigenvalue weighted by Crippen LogP contribution is 2.42. The Hall–Kier alpha value is -1.84. The van der Waals surface area contributed by atoms with Gasteiger partial charge in [0.05, 0.1) is 6.54 Å². The van der Waals surface area contributed by atoms with E-state index in [1.54, 1.807) is 0 Å². The summed E-state index contributed by atoms with van der Waals surface area (Å²) in [5, 5.41) is 2.87. The maximum Gasteiger partial charge on any atom is 0.325 e. The molecule has 1 aliphatic carbocycles. The second kappa shape index (κ2) is 4.08. The van der Waals surface area contributed by atoms with Crippen LogP contribution < -0.4 is 5.32 Å². The van der Waals surface area contributed by atoms with Crippen LogP contribution in [0.25, 0.3) is 0 Å². The number of imide groups is 1. The molecule has 100 valence electrons. The van der Waals surface area contributed by atoms with Crippen LogP contribution in [-0.2, 0) is 11.3 Å². The van der Waals surface area contributed by atoms with E-state index < -0.39 is 5.54 Å². The predicted molar refractivity (Wildman–Crippen MR) is 71.4 cm³/mol. The van der Waals surface area contributed by atoms with E-state index in [9.17, 15) is 9.59 Å². The molecule has 1 atom stereocenters. The highest BCUT2D eigenvalue weighted by atomic mass is 16.2. The molecule has 4 nitrogen and oxygen atoms in total. The van der Waals surface area contributed by atoms with Crippen LogP contribution >= 0.6 is 0 Å². The van der Waals surface area contributed by atoms with Gasteiger partial charge in [0.15, 0.2) is 0 Å². The Labute approximate surface area is 112 Å². The van der Waals surface area contributed by atoms with Crippen molar-refractivity contribution >= 4 is 11.9 Å². The molecule has 1 heterocycles. The van der Waals surface area contributed by atoms with Gasteiger partial charge in [-0.05, 0) is 43.7 Å². The zero-order valence-corrected chi connectivity index (χ0v) is 11.3. The van der Waals surface area contributed by atoms with Crippen LogP contribution in [0.3, 0.4) is 0 Å². The number of rotatable bonds is 3. The standard InChI is InChI=1S/C15H18N2O2/c1-10-5-3-4-6-11(10)9-17-13(18)15(2,12-7-8-12)16-14(17)19/h3-6,12H,7-9H2,1-2H3,(H,16,19). The van der Waals surface area contributed by atoms with Crippen molar-refractivity contribution in [3.8, 4) is 0 Å². The molecule has 1 aromatic carbocycles. The maximum atomic E-state index is 12.5. The van der Waals surface area contributed by atoms with E-state index in [2.05, 4.69) is 5.32 Å². The smallest absolute Gasteiger partial charge is 0.323 e. The van der Waals surface area contributed by atoms with E-state index in [0.29, 0.717) is 12.5 Å². The minimum atomic E-state index is -0.681. The molecule has 1 saturated carbocycles. The van der Waals surface area contributed by atoms with Crippen molar-refractivity contribution < 1.29 is 9.59 Å². The van der Waals surface area contributed by atoms with Crippen LogP contribution in [0.4, 0.5) is 4.79 Å². The molecule has 2 aliphatic rings. The normalized spacial score (nSPS) is 26.7. The summed E-state index contributed by atoms with van der Waals surface area (Å²) in [4.78, 5) is 25.9. The first-order valence-electron chi connectivity index (χ1n) is 6.71. The number of benzene rings is 1. The number of aryl methyl sites for hydroxylation is 1. The van der Waals surface area contributed by atoms with E-state index in [0.717, 1.165) is 24.0 Å². The summed E-state index contributed by atoms with van der Waals surface area (Å²) in [5.41, 5.74) is 1.44. The van der Waals surface area contributed by atoms with Crippen LogP contribution in [0.1, 0.15) is 30.9 Å². The van der Waals surface area contributed by atoms with E-state index in [-0.39, 0.29) is 11.9 Å². The average Bonchev–Trinajstić information content (AvgIpc) is 3.18. The highest BCUT2D eigenvalue weighted by Gasteiger charge is 2.55. The van der Waals surface area contributed by atoms with Gasteiger partial charge in [-0.2, -0.15) is 0 Å². The SMILES string of the molecule is Cc1ccccc1CN1C(=O)NC(C)(C2CC2)C1=O.